The second-order valence-electron chi connectivity index (χ2n) is 5.50. The van der Waals surface area contributed by atoms with Gasteiger partial charge in [-0.25, -0.2) is 4.39 Å². The highest BCUT2D eigenvalue weighted by Gasteiger charge is 2.16. The molecule has 2 nitrogen and oxygen atoms in total. The first-order valence-electron chi connectivity index (χ1n) is 7.81. The Bertz CT molecular complexity index is 722. The lowest BCUT2D eigenvalue weighted by Crippen LogP contribution is -2.20. The second-order valence-corrected chi connectivity index (χ2v) is 5.50. The molecule has 0 bridgehead atoms. The van der Waals surface area contributed by atoms with Crippen molar-refractivity contribution in [2.45, 2.75) is 13.0 Å². The minimum absolute atomic E-state index is 0.266. The summed E-state index contributed by atoms with van der Waals surface area (Å²) in [6, 6.07) is 13.4. The van der Waals surface area contributed by atoms with Crippen LogP contribution in [0.15, 0.2) is 55.1 Å². The predicted molar refractivity (Wildman–Crippen MR) is 92.7 cm³/mol. The fourth-order valence-corrected chi connectivity index (χ4v) is 2.77. The molecule has 3 rings (SSSR count). The second kappa shape index (κ2) is 7.25. The molecule has 0 saturated carbocycles. The monoisotopic (exact) mass is 309 g/mol. The normalized spacial score (nSPS) is 14.2. The molecule has 2 aromatic rings. The molecule has 0 amide bonds. The van der Waals surface area contributed by atoms with E-state index in [0.717, 1.165) is 36.2 Å². The molecule has 2 aromatic carbocycles. The molecule has 1 aliphatic rings. The van der Waals surface area contributed by atoms with Gasteiger partial charge in [0.25, 0.3) is 0 Å². The van der Waals surface area contributed by atoms with Gasteiger partial charge in [0, 0.05) is 12.1 Å². The molecule has 118 valence electrons. The van der Waals surface area contributed by atoms with E-state index in [1.165, 1.54) is 0 Å². The van der Waals surface area contributed by atoms with Crippen LogP contribution in [0.4, 0.5) is 4.39 Å². The fourth-order valence-electron chi connectivity index (χ4n) is 2.77. The Morgan fingerprint density at radius 3 is 2.70 bits per heavy atom. The van der Waals surface area contributed by atoms with Crippen molar-refractivity contribution in [3.63, 3.8) is 0 Å². The quantitative estimate of drug-likeness (QED) is 0.882. The molecule has 0 aromatic heterocycles. The minimum atomic E-state index is -0.340. The van der Waals surface area contributed by atoms with Gasteiger partial charge in [-0.2, -0.15) is 0 Å². The molecule has 0 radical (unpaired) electrons. The SMILES string of the molecule is C=Cc1c(C2=CCNCC2)ccc(OCc2ccccc2)c1F. The summed E-state index contributed by atoms with van der Waals surface area (Å²) in [5.41, 5.74) is 3.60. The summed E-state index contributed by atoms with van der Waals surface area (Å²) in [5.74, 6) is -0.0742. The van der Waals surface area contributed by atoms with E-state index in [-0.39, 0.29) is 11.6 Å². The van der Waals surface area contributed by atoms with Crippen molar-refractivity contribution in [3.05, 3.63) is 77.6 Å². The van der Waals surface area contributed by atoms with E-state index in [0.29, 0.717) is 12.2 Å². The number of benzene rings is 2. The van der Waals surface area contributed by atoms with Crippen molar-refractivity contribution in [2.75, 3.05) is 13.1 Å². The van der Waals surface area contributed by atoms with E-state index in [1.807, 2.05) is 36.4 Å². The smallest absolute Gasteiger partial charge is 0.172 e. The van der Waals surface area contributed by atoms with Crippen LogP contribution >= 0.6 is 0 Å². The van der Waals surface area contributed by atoms with E-state index < -0.39 is 0 Å². The molecule has 23 heavy (non-hydrogen) atoms. The summed E-state index contributed by atoms with van der Waals surface area (Å²) in [7, 11) is 0. The molecule has 0 saturated heterocycles. The third-order valence-corrected chi connectivity index (χ3v) is 4.00. The number of halogens is 1. The Kier molecular flexibility index (Phi) is 4.89. The summed E-state index contributed by atoms with van der Waals surface area (Å²) in [4.78, 5) is 0. The topological polar surface area (TPSA) is 21.3 Å². The number of nitrogens with one attached hydrogen (secondary N) is 1. The Labute approximate surface area is 136 Å². The summed E-state index contributed by atoms with van der Waals surface area (Å²) in [6.07, 6.45) is 4.57. The first-order valence-corrected chi connectivity index (χ1v) is 7.81. The van der Waals surface area contributed by atoms with Crippen LogP contribution in [-0.4, -0.2) is 13.1 Å². The molecule has 0 fully saturated rings. The van der Waals surface area contributed by atoms with Gasteiger partial charge in [-0.15, -0.1) is 0 Å². The van der Waals surface area contributed by atoms with Crippen molar-refractivity contribution >= 4 is 11.6 Å². The molecule has 0 unspecified atom stereocenters. The Hall–Kier alpha value is -2.39. The average molecular weight is 309 g/mol. The number of rotatable bonds is 5. The predicted octanol–water partition coefficient (Wildman–Crippen LogP) is 4.42. The standard InChI is InChI=1S/C20H20FNO/c1-2-17-18(16-10-12-22-13-11-16)8-9-19(20(17)21)23-14-15-6-4-3-5-7-15/h2-10,22H,1,11-14H2. The molecule has 3 heteroatoms. The van der Waals surface area contributed by atoms with Gasteiger partial charge in [0.2, 0.25) is 0 Å². The molecular weight excluding hydrogens is 289 g/mol. The molecular formula is C20H20FNO. The van der Waals surface area contributed by atoms with Crippen molar-refractivity contribution in [1.29, 1.82) is 0 Å². The van der Waals surface area contributed by atoms with Crippen molar-refractivity contribution in [3.8, 4) is 5.75 Å². The van der Waals surface area contributed by atoms with E-state index in [4.69, 9.17) is 4.74 Å². The zero-order chi connectivity index (χ0) is 16.1. The lowest BCUT2D eigenvalue weighted by atomic mass is 9.95. The van der Waals surface area contributed by atoms with Gasteiger partial charge in [-0.1, -0.05) is 55.1 Å². The highest BCUT2D eigenvalue weighted by atomic mass is 19.1. The van der Waals surface area contributed by atoms with Gasteiger partial charge in [0.15, 0.2) is 11.6 Å². The largest absolute Gasteiger partial charge is 0.486 e. The van der Waals surface area contributed by atoms with Gasteiger partial charge >= 0.3 is 0 Å². The maximum absolute atomic E-state index is 14.8. The van der Waals surface area contributed by atoms with Gasteiger partial charge < -0.3 is 10.1 Å². The van der Waals surface area contributed by atoms with Crippen molar-refractivity contribution < 1.29 is 9.13 Å². The lowest BCUT2D eigenvalue weighted by molar-refractivity contribution is 0.290. The van der Waals surface area contributed by atoms with Crippen LogP contribution in [0, 0.1) is 5.82 Å². The first-order chi connectivity index (χ1) is 11.3. The molecule has 0 aliphatic carbocycles. The molecule has 0 spiro atoms. The average Bonchev–Trinajstić information content (AvgIpc) is 2.62. The maximum atomic E-state index is 14.8. The van der Waals surface area contributed by atoms with Crippen LogP contribution in [-0.2, 0) is 6.61 Å². The zero-order valence-corrected chi connectivity index (χ0v) is 13.0. The number of hydrogen-bond donors (Lipinski definition) is 1. The van der Waals surface area contributed by atoms with Gasteiger partial charge in [0.1, 0.15) is 6.61 Å². The summed E-state index contributed by atoms with van der Waals surface area (Å²) in [6.45, 7) is 5.85. The third kappa shape index (κ3) is 3.51. The first kappa shape index (κ1) is 15.5. The number of ether oxygens (including phenoxy) is 1. The zero-order valence-electron chi connectivity index (χ0n) is 13.0. The Balaban J connectivity index is 1.85. The third-order valence-electron chi connectivity index (χ3n) is 4.00. The van der Waals surface area contributed by atoms with E-state index >= 15 is 0 Å². The fraction of sp³-hybridized carbons (Fsp3) is 0.200. The molecule has 1 aliphatic heterocycles. The van der Waals surface area contributed by atoms with E-state index in [1.54, 1.807) is 12.1 Å². The van der Waals surface area contributed by atoms with Crippen LogP contribution in [0.3, 0.4) is 0 Å². The van der Waals surface area contributed by atoms with Crippen LogP contribution < -0.4 is 10.1 Å². The van der Waals surface area contributed by atoms with Crippen LogP contribution in [0.5, 0.6) is 5.75 Å². The lowest BCUT2D eigenvalue weighted by Gasteiger charge is -2.18. The molecule has 1 heterocycles. The van der Waals surface area contributed by atoms with Crippen LogP contribution in [0.1, 0.15) is 23.1 Å². The maximum Gasteiger partial charge on any atom is 0.172 e. The minimum Gasteiger partial charge on any atom is -0.486 e. The Morgan fingerprint density at radius 1 is 1.17 bits per heavy atom. The highest BCUT2D eigenvalue weighted by Crippen LogP contribution is 2.31. The van der Waals surface area contributed by atoms with Gasteiger partial charge in [0.05, 0.1) is 0 Å². The molecule has 1 N–H and O–H groups in total. The van der Waals surface area contributed by atoms with Crippen molar-refractivity contribution in [1.82, 2.24) is 5.32 Å². The van der Waals surface area contributed by atoms with Gasteiger partial charge in [-0.05, 0) is 35.7 Å². The Morgan fingerprint density at radius 2 is 2.00 bits per heavy atom. The summed E-state index contributed by atoms with van der Waals surface area (Å²) in [5, 5.41) is 3.27. The van der Waals surface area contributed by atoms with E-state index in [9.17, 15) is 4.39 Å². The van der Waals surface area contributed by atoms with Crippen molar-refractivity contribution in [2.24, 2.45) is 0 Å². The van der Waals surface area contributed by atoms with Crippen LogP contribution in [0.25, 0.3) is 11.6 Å². The van der Waals surface area contributed by atoms with Gasteiger partial charge in [-0.3, -0.25) is 0 Å². The summed E-state index contributed by atoms with van der Waals surface area (Å²) < 4.78 is 20.4. The highest BCUT2D eigenvalue weighted by molar-refractivity contribution is 5.75. The van der Waals surface area contributed by atoms with Crippen LogP contribution in [0.2, 0.25) is 0 Å². The molecule has 0 atom stereocenters. The van der Waals surface area contributed by atoms with E-state index in [2.05, 4.69) is 18.0 Å². The summed E-state index contributed by atoms with van der Waals surface area (Å²) >= 11 is 0. The number of hydrogen-bond acceptors (Lipinski definition) is 2.